The maximum Gasteiger partial charge on any atom is 0.326 e. The Balaban J connectivity index is 1.84. The van der Waals surface area contributed by atoms with Crippen LogP contribution in [0.25, 0.3) is 11.8 Å². The Hall–Kier alpha value is -2.87. The largest absolute Gasteiger partial charge is 0.459 e. The number of nitrogens with zero attached hydrogens (tertiary/aromatic N) is 3. The molecule has 1 aliphatic heterocycles. The van der Waals surface area contributed by atoms with Crippen molar-refractivity contribution < 1.29 is 19.1 Å². The maximum absolute atomic E-state index is 12.7. The number of carbonyl (C=O) groups excluding carboxylic acids is 3. The molecule has 2 aromatic rings. The van der Waals surface area contributed by atoms with E-state index >= 15 is 0 Å². The Morgan fingerprint density at radius 2 is 2.00 bits per heavy atom. The summed E-state index contributed by atoms with van der Waals surface area (Å²) in [6.07, 6.45) is 5.16. The third-order valence-corrected chi connectivity index (χ3v) is 5.15. The summed E-state index contributed by atoms with van der Waals surface area (Å²) in [4.78, 5) is 42.3. The van der Waals surface area contributed by atoms with Gasteiger partial charge in [-0.1, -0.05) is 0 Å². The average molecular weight is 413 g/mol. The van der Waals surface area contributed by atoms with Crippen molar-refractivity contribution in [1.29, 1.82) is 0 Å². The van der Waals surface area contributed by atoms with E-state index in [9.17, 15) is 14.4 Å². The third kappa shape index (κ3) is 4.59. The maximum atomic E-state index is 12.7. The molecule has 0 atom stereocenters. The number of esters is 1. The first-order chi connectivity index (χ1) is 13.6. The summed E-state index contributed by atoms with van der Waals surface area (Å²) < 4.78 is 7.25. The van der Waals surface area contributed by atoms with E-state index in [4.69, 9.17) is 4.74 Å². The first kappa shape index (κ1) is 20.9. The van der Waals surface area contributed by atoms with Gasteiger partial charge in [-0.15, -0.1) is 0 Å². The van der Waals surface area contributed by atoms with Crippen LogP contribution >= 0.6 is 11.8 Å². The zero-order valence-electron chi connectivity index (χ0n) is 17.1. The number of carbonyl (C=O) groups is 3. The van der Waals surface area contributed by atoms with E-state index in [2.05, 4.69) is 4.98 Å². The topological polar surface area (TPSA) is 81.5 Å². The van der Waals surface area contributed by atoms with Gasteiger partial charge >= 0.3 is 5.97 Å². The van der Waals surface area contributed by atoms with Gasteiger partial charge in [0.1, 0.15) is 12.1 Å². The molecular weight excluding hydrogens is 390 g/mol. The van der Waals surface area contributed by atoms with Gasteiger partial charge in [0.25, 0.3) is 11.1 Å². The van der Waals surface area contributed by atoms with Crippen molar-refractivity contribution >= 4 is 35.0 Å². The van der Waals surface area contributed by atoms with Crippen LogP contribution in [0.5, 0.6) is 0 Å². The number of aromatic nitrogens is 2. The minimum atomic E-state index is -0.682. The van der Waals surface area contributed by atoms with Crippen LogP contribution in [0.3, 0.4) is 0 Å². The van der Waals surface area contributed by atoms with Gasteiger partial charge < -0.3 is 9.30 Å². The second kappa shape index (κ2) is 7.87. The van der Waals surface area contributed by atoms with E-state index in [0.29, 0.717) is 0 Å². The van der Waals surface area contributed by atoms with Gasteiger partial charge in [0.2, 0.25) is 0 Å². The number of aryl methyl sites for hydroxylation is 1. The number of thioether (sulfide) groups is 1. The number of rotatable bonds is 4. The van der Waals surface area contributed by atoms with Crippen LogP contribution in [0.1, 0.15) is 37.7 Å². The highest BCUT2D eigenvalue weighted by Gasteiger charge is 2.37. The number of imide groups is 1. The Labute approximate surface area is 173 Å². The van der Waals surface area contributed by atoms with Crippen LogP contribution < -0.4 is 0 Å². The van der Waals surface area contributed by atoms with Crippen LogP contribution in [-0.4, -0.2) is 43.7 Å². The van der Waals surface area contributed by atoms with Crippen molar-refractivity contribution in [2.24, 2.45) is 0 Å². The van der Waals surface area contributed by atoms with E-state index in [1.807, 2.05) is 36.6 Å². The highest BCUT2D eigenvalue weighted by Crippen LogP contribution is 2.33. The lowest BCUT2D eigenvalue weighted by Crippen LogP contribution is -2.37. The Morgan fingerprint density at radius 1 is 1.28 bits per heavy atom. The number of pyridine rings is 1. The lowest BCUT2D eigenvalue weighted by Gasteiger charge is -2.21. The van der Waals surface area contributed by atoms with Gasteiger partial charge in [0.05, 0.1) is 16.8 Å². The van der Waals surface area contributed by atoms with E-state index in [-0.39, 0.29) is 4.91 Å². The first-order valence-electron chi connectivity index (χ1n) is 9.13. The normalized spacial score (nSPS) is 16.0. The molecule has 29 heavy (non-hydrogen) atoms. The number of amides is 2. The molecule has 3 rings (SSSR count). The molecule has 8 heteroatoms. The number of hydrogen-bond donors (Lipinski definition) is 0. The Bertz CT molecular complexity index is 1000. The Morgan fingerprint density at radius 3 is 2.62 bits per heavy atom. The summed E-state index contributed by atoms with van der Waals surface area (Å²) in [5, 5.41) is -0.479. The van der Waals surface area contributed by atoms with Crippen LogP contribution in [0, 0.1) is 13.8 Å². The summed E-state index contributed by atoms with van der Waals surface area (Å²) in [6, 6.07) is 5.76. The molecule has 2 aromatic heterocycles. The molecule has 2 amide bonds. The molecule has 7 nitrogen and oxygen atoms in total. The SMILES string of the molecule is Cc1cc(/C=C2/SC(=O)N(CC(=O)OC(C)(C)C)C2=O)c(C)n1-c1cccnc1. The molecule has 0 aliphatic carbocycles. The quantitative estimate of drug-likeness (QED) is 0.559. The zero-order valence-corrected chi connectivity index (χ0v) is 17.9. The molecule has 0 aromatic carbocycles. The van der Waals surface area contributed by atoms with Crippen LogP contribution in [-0.2, 0) is 14.3 Å². The standard InChI is InChI=1S/C21H23N3O4S/c1-13-9-15(14(2)24(13)16-7-6-8-22-11-16)10-17-19(26)23(20(27)29-17)12-18(25)28-21(3,4)5/h6-11H,12H2,1-5H3/b17-10+. The molecule has 0 saturated carbocycles. The van der Waals surface area contributed by atoms with Gasteiger partial charge in [-0.05, 0) is 76.2 Å². The minimum Gasteiger partial charge on any atom is -0.459 e. The molecule has 1 aliphatic rings. The zero-order chi connectivity index (χ0) is 21.3. The molecule has 1 fully saturated rings. The molecular formula is C21H23N3O4S. The fraction of sp³-hybridized carbons (Fsp3) is 0.333. The molecule has 0 unspecified atom stereocenters. The minimum absolute atomic E-state index is 0.282. The summed E-state index contributed by atoms with van der Waals surface area (Å²) in [6.45, 7) is 8.71. The molecule has 0 bridgehead atoms. The van der Waals surface area contributed by atoms with E-state index in [1.165, 1.54) is 0 Å². The van der Waals surface area contributed by atoms with Crippen LogP contribution in [0.4, 0.5) is 4.79 Å². The van der Waals surface area contributed by atoms with Gasteiger partial charge in [0.15, 0.2) is 0 Å². The lowest BCUT2D eigenvalue weighted by atomic mass is 10.2. The summed E-state index contributed by atoms with van der Waals surface area (Å²) in [5.41, 5.74) is 2.97. The predicted octanol–water partition coefficient (Wildman–Crippen LogP) is 3.87. The van der Waals surface area contributed by atoms with E-state index in [0.717, 1.165) is 39.3 Å². The van der Waals surface area contributed by atoms with Gasteiger partial charge in [-0.2, -0.15) is 0 Å². The van der Waals surface area contributed by atoms with Crippen molar-refractivity contribution in [3.8, 4) is 5.69 Å². The van der Waals surface area contributed by atoms with Crippen molar-refractivity contribution in [2.75, 3.05) is 6.54 Å². The van der Waals surface area contributed by atoms with Gasteiger partial charge in [0, 0.05) is 17.6 Å². The summed E-state index contributed by atoms with van der Waals surface area (Å²) in [7, 11) is 0. The fourth-order valence-electron chi connectivity index (χ4n) is 3.10. The third-order valence-electron chi connectivity index (χ3n) is 4.24. The smallest absolute Gasteiger partial charge is 0.326 e. The Kier molecular flexibility index (Phi) is 5.66. The molecule has 1 saturated heterocycles. The first-order valence-corrected chi connectivity index (χ1v) is 9.95. The fourth-order valence-corrected chi connectivity index (χ4v) is 3.93. The van der Waals surface area contributed by atoms with Crippen LogP contribution in [0.2, 0.25) is 0 Å². The van der Waals surface area contributed by atoms with Gasteiger partial charge in [-0.3, -0.25) is 24.3 Å². The molecule has 0 N–H and O–H groups in total. The van der Waals surface area contributed by atoms with E-state index < -0.39 is 29.3 Å². The average Bonchev–Trinajstić information content (AvgIpc) is 3.04. The summed E-state index contributed by atoms with van der Waals surface area (Å²) >= 11 is 0.825. The highest BCUT2D eigenvalue weighted by molar-refractivity contribution is 8.18. The molecule has 0 radical (unpaired) electrons. The molecule has 152 valence electrons. The van der Waals surface area contributed by atoms with Crippen molar-refractivity contribution in [3.63, 3.8) is 0 Å². The van der Waals surface area contributed by atoms with Crippen molar-refractivity contribution in [2.45, 2.75) is 40.2 Å². The van der Waals surface area contributed by atoms with Crippen LogP contribution in [0.15, 0.2) is 35.5 Å². The number of hydrogen-bond acceptors (Lipinski definition) is 6. The second-order valence-corrected chi connectivity index (χ2v) is 8.72. The predicted molar refractivity (Wildman–Crippen MR) is 112 cm³/mol. The van der Waals surface area contributed by atoms with Gasteiger partial charge in [-0.25, -0.2) is 0 Å². The van der Waals surface area contributed by atoms with Crippen molar-refractivity contribution in [1.82, 2.24) is 14.5 Å². The molecule has 0 spiro atoms. The molecule has 3 heterocycles. The van der Waals surface area contributed by atoms with Crippen molar-refractivity contribution in [3.05, 3.63) is 52.4 Å². The monoisotopic (exact) mass is 413 g/mol. The van der Waals surface area contributed by atoms with E-state index in [1.54, 1.807) is 39.2 Å². The highest BCUT2D eigenvalue weighted by atomic mass is 32.2. The second-order valence-electron chi connectivity index (χ2n) is 7.73. The summed E-state index contributed by atoms with van der Waals surface area (Å²) in [5.74, 6) is -1.10. The lowest BCUT2D eigenvalue weighted by molar-refractivity contribution is -0.156. The number of ether oxygens (including phenoxy) is 1.